The Bertz CT molecular complexity index is 815. The first-order chi connectivity index (χ1) is 11.4. The maximum Gasteiger partial charge on any atom is 0.340 e. The number of esters is 2. The lowest BCUT2D eigenvalue weighted by atomic mass is 9.86. The van der Waals surface area contributed by atoms with E-state index in [0.717, 1.165) is 4.90 Å². The van der Waals surface area contributed by atoms with Crippen LogP contribution in [0.5, 0.6) is 0 Å². The third-order valence-corrected chi connectivity index (χ3v) is 6.56. The van der Waals surface area contributed by atoms with Crippen molar-refractivity contribution in [3.05, 3.63) is 23.0 Å². The van der Waals surface area contributed by atoms with Gasteiger partial charge in [0, 0.05) is 18.9 Å². The number of aromatic nitrogens is 1. The van der Waals surface area contributed by atoms with Crippen molar-refractivity contribution in [2.24, 2.45) is 11.8 Å². The number of carbonyl (C=O) groups is 4. The fourth-order valence-corrected chi connectivity index (χ4v) is 5.78. The molecule has 1 aromatic rings. The van der Waals surface area contributed by atoms with Gasteiger partial charge in [-0.1, -0.05) is 0 Å². The average molecular weight is 350 g/mol. The highest BCUT2D eigenvalue weighted by molar-refractivity contribution is 8.00. The molecule has 0 aliphatic carbocycles. The van der Waals surface area contributed by atoms with Gasteiger partial charge in [0.05, 0.1) is 47.8 Å². The minimum atomic E-state index is -0.654. The van der Waals surface area contributed by atoms with Crippen molar-refractivity contribution < 1.29 is 28.7 Å². The summed E-state index contributed by atoms with van der Waals surface area (Å²) in [6.07, 6.45) is 1.53. The lowest BCUT2D eigenvalue weighted by Gasteiger charge is -2.22. The molecule has 2 amide bonds. The molecule has 126 valence electrons. The smallest absolute Gasteiger partial charge is 0.340 e. The minimum Gasteiger partial charge on any atom is -0.465 e. The van der Waals surface area contributed by atoms with E-state index in [0.29, 0.717) is 5.69 Å². The van der Waals surface area contributed by atoms with Gasteiger partial charge >= 0.3 is 11.9 Å². The predicted octanol–water partition coefficient (Wildman–Crippen LogP) is 0.592. The standard InChI is InChI=1S/C15H14N2O6S/c1-16-11(18)7-8(12(16)19)13-17-4-5(14(20)22-2)6(15(21)23-3)9(17)10(7)24-13/h4,7-8,10,13H,1-3H3/t7-,8-,10-,13+/m1/s1. The summed E-state index contributed by atoms with van der Waals surface area (Å²) >= 11 is 1.47. The van der Waals surface area contributed by atoms with Crippen LogP contribution in [0.15, 0.2) is 6.20 Å². The topological polar surface area (TPSA) is 94.9 Å². The molecule has 24 heavy (non-hydrogen) atoms. The molecule has 1 aromatic heterocycles. The number of thioether (sulfide) groups is 1. The Labute approximate surface area is 141 Å². The first-order valence-electron chi connectivity index (χ1n) is 7.30. The normalized spacial score (nSPS) is 29.7. The molecule has 4 rings (SSSR count). The van der Waals surface area contributed by atoms with E-state index < -0.39 is 23.8 Å². The number of carbonyl (C=O) groups excluding carboxylic acids is 4. The molecular weight excluding hydrogens is 336 g/mol. The van der Waals surface area contributed by atoms with Crippen LogP contribution in [0.3, 0.4) is 0 Å². The van der Waals surface area contributed by atoms with Crippen LogP contribution in [0, 0.1) is 11.8 Å². The SMILES string of the molecule is COC(=O)c1cn2c(c1C(=O)OC)[C@@H]1S[C@H]2[C@H]2C(=O)N(C)C(=O)[C@H]21. The van der Waals surface area contributed by atoms with Gasteiger partial charge in [0.25, 0.3) is 0 Å². The lowest BCUT2D eigenvalue weighted by Crippen LogP contribution is -2.28. The van der Waals surface area contributed by atoms with Crippen molar-refractivity contribution >= 4 is 35.5 Å². The van der Waals surface area contributed by atoms with Crippen molar-refractivity contribution in [1.82, 2.24) is 9.47 Å². The zero-order chi connectivity index (χ0) is 17.3. The Morgan fingerprint density at radius 2 is 1.71 bits per heavy atom. The molecule has 9 heteroatoms. The number of fused-ring (bicyclic) bond motifs is 8. The van der Waals surface area contributed by atoms with E-state index >= 15 is 0 Å². The maximum absolute atomic E-state index is 12.4. The molecule has 2 fully saturated rings. The average Bonchev–Trinajstić information content (AvgIpc) is 3.29. The van der Waals surface area contributed by atoms with Crippen molar-refractivity contribution in [1.29, 1.82) is 0 Å². The monoisotopic (exact) mass is 350 g/mol. The maximum atomic E-state index is 12.4. The molecule has 0 aromatic carbocycles. The molecule has 2 saturated heterocycles. The van der Waals surface area contributed by atoms with Gasteiger partial charge in [-0.3, -0.25) is 14.5 Å². The zero-order valence-electron chi connectivity index (χ0n) is 13.1. The zero-order valence-corrected chi connectivity index (χ0v) is 14.0. The Hall–Kier alpha value is -2.29. The highest BCUT2D eigenvalue weighted by atomic mass is 32.2. The number of ether oxygens (including phenoxy) is 2. The molecule has 0 saturated carbocycles. The Morgan fingerprint density at radius 3 is 2.33 bits per heavy atom. The summed E-state index contributed by atoms with van der Waals surface area (Å²) in [6, 6.07) is 0. The first kappa shape index (κ1) is 15.3. The van der Waals surface area contributed by atoms with Crippen LogP contribution in [-0.2, 0) is 19.1 Å². The van der Waals surface area contributed by atoms with Gasteiger partial charge in [-0.25, -0.2) is 9.59 Å². The van der Waals surface area contributed by atoms with E-state index in [1.165, 1.54) is 39.2 Å². The molecule has 0 radical (unpaired) electrons. The van der Waals surface area contributed by atoms with Crippen LogP contribution >= 0.6 is 11.8 Å². The second-order valence-corrected chi connectivity index (χ2v) is 7.19. The summed E-state index contributed by atoms with van der Waals surface area (Å²) in [5, 5.41) is -0.660. The van der Waals surface area contributed by atoms with E-state index in [9.17, 15) is 19.2 Å². The summed E-state index contributed by atoms with van der Waals surface area (Å²) in [7, 11) is 3.93. The molecule has 8 nitrogen and oxygen atoms in total. The molecule has 0 spiro atoms. The number of nitrogens with zero attached hydrogens (tertiary/aromatic N) is 2. The van der Waals surface area contributed by atoms with Crippen molar-refractivity contribution in [3.8, 4) is 0 Å². The quantitative estimate of drug-likeness (QED) is 0.569. The van der Waals surface area contributed by atoms with E-state index in [2.05, 4.69) is 0 Å². The second-order valence-electron chi connectivity index (χ2n) is 5.93. The summed E-state index contributed by atoms with van der Waals surface area (Å²) in [4.78, 5) is 50.2. The fourth-order valence-electron chi connectivity index (χ4n) is 3.89. The predicted molar refractivity (Wildman–Crippen MR) is 81.2 cm³/mol. The molecule has 3 aliphatic heterocycles. The van der Waals surface area contributed by atoms with Gasteiger partial charge in [-0.05, 0) is 0 Å². The molecule has 0 N–H and O–H groups in total. The van der Waals surface area contributed by atoms with Crippen molar-refractivity contribution in [2.45, 2.75) is 10.6 Å². The highest BCUT2D eigenvalue weighted by Crippen LogP contribution is 2.66. The van der Waals surface area contributed by atoms with Crippen LogP contribution < -0.4 is 0 Å². The molecule has 0 unspecified atom stereocenters. The Balaban J connectivity index is 1.90. The minimum absolute atomic E-state index is 0.0999. The molecular formula is C15H14N2O6S. The molecule has 4 heterocycles. The van der Waals surface area contributed by atoms with Crippen LogP contribution in [-0.4, -0.2) is 54.5 Å². The molecule has 4 atom stereocenters. The Kier molecular flexibility index (Phi) is 3.08. The summed E-state index contributed by atoms with van der Waals surface area (Å²) in [6.45, 7) is 0. The molecule has 3 aliphatic rings. The molecule has 2 bridgehead atoms. The second kappa shape index (κ2) is 4.85. The summed E-state index contributed by atoms with van der Waals surface area (Å²) in [5.41, 5.74) is 0.787. The largest absolute Gasteiger partial charge is 0.465 e. The van der Waals surface area contributed by atoms with Crippen LogP contribution in [0.2, 0.25) is 0 Å². The van der Waals surface area contributed by atoms with E-state index in [1.807, 2.05) is 0 Å². The van der Waals surface area contributed by atoms with Crippen molar-refractivity contribution in [3.63, 3.8) is 0 Å². The third-order valence-electron chi connectivity index (χ3n) is 4.95. The number of imide groups is 1. The van der Waals surface area contributed by atoms with Crippen molar-refractivity contribution in [2.75, 3.05) is 21.3 Å². The number of amides is 2. The van der Waals surface area contributed by atoms with E-state index in [-0.39, 0.29) is 33.6 Å². The number of likely N-dealkylation sites (tertiary alicyclic amines) is 1. The van der Waals surface area contributed by atoms with Crippen LogP contribution in [0.4, 0.5) is 0 Å². The van der Waals surface area contributed by atoms with E-state index in [1.54, 1.807) is 4.57 Å². The third kappa shape index (κ3) is 1.60. The number of hydrogen-bond donors (Lipinski definition) is 0. The summed E-state index contributed by atoms with van der Waals surface area (Å²) in [5.74, 6) is -2.74. The van der Waals surface area contributed by atoms with Gasteiger partial charge < -0.3 is 14.0 Å². The van der Waals surface area contributed by atoms with Crippen LogP contribution in [0.1, 0.15) is 37.0 Å². The fraction of sp³-hybridized carbons (Fsp3) is 0.467. The van der Waals surface area contributed by atoms with Crippen LogP contribution in [0.25, 0.3) is 0 Å². The highest BCUT2D eigenvalue weighted by Gasteiger charge is 2.64. The number of hydrogen-bond acceptors (Lipinski definition) is 7. The van der Waals surface area contributed by atoms with Gasteiger partial charge in [-0.2, -0.15) is 0 Å². The van der Waals surface area contributed by atoms with Gasteiger partial charge in [0.1, 0.15) is 0 Å². The first-order valence-corrected chi connectivity index (χ1v) is 8.24. The van der Waals surface area contributed by atoms with Gasteiger partial charge in [-0.15, -0.1) is 11.8 Å². The Morgan fingerprint density at radius 1 is 1.08 bits per heavy atom. The number of methoxy groups -OCH3 is 2. The van der Waals surface area contributed by atoms with E-state index in [4.69, 9.17) is 9.47 Å². The lowest BCUT2D eigenvalue weighted by molar-refractivity contribution is -0.138. The van der Waals surface area contributed by atoms with Gasteiger partial charge in [0.15, 0.2) is 0 Å². The number of rotatable bonds is 2. The summed E-state index contributed by atoms with van der Waals surface area (Å²) < 4.78 is 11.3. The van der Waals surface area contributed by atoms with Gasteiger partial charge in [0.2, 0.25) is 11.8 Å².